The molecule has 0 aliphatic heterocycles. The highest BCUT2D eigenvalue weighted by atomic mass is 16.6. The maximum Gasteiger partial charge on any atom is 0.408 e. The number of hydrogen-bond acceptors (Lipinski definition) is 4. The lowest BCUT2D eigenvalue weighted by atomic mass is 9.91. The number of ether oxygens (including phenoxy) is 1. The summed E-state index contributed by atoms with van der Waals surface area (Å²) in [5.41, 5.74) is 2.23. The molecule has 3 atom stereocenters. The SMILES string of the molecule is CCCCN(C(=O)C(NC(=O)OC(C)(C)C)C(C)CC)C(C(=O)NC1CCCCC1)c1cccc(C)c1C. The molecule has 7 heteroatoms. The summed E-state index contributed by atoms with van der Waals surface area (Å²) in [6, 6.07) is 4.48. The van der Waals surface area contributed by atoms with E-state index in [0.29, 0.717) is 13.0 Å². The Labute approximate surface area is 230 Å². The highest BCUT2D eigenvalue weighted by Crippen LogP contribution is 2.30. The number of carbonyl (C=O) groups excluding carboxylic acids is 3. The lowest BCUT2D eigenvalue weighted by Crippen LogP contribution is -2.56. The highest BCUT2D eigenvalue weighted by Gasteiger charge is 2.39. The fraction of sp³-hybridized carbons (Fsp3) is 0.710. The van der Waals surface area contributed by atoms with Gasteiger partial charge in [-0.05, 0) is 76.5 Å². The topological polar surface area (TPSA) is 87.7 Å². The Morgan fingerprint density at radius 1 is 1.08 bits per heavy atom. The van der Waals surface area contributed by atoms with Gasteiger partial charge in [0, 0.05) is 12.6 Å². The second-order valence-corrected chi connectivity index (χ2v) is 11.9. The fourth-order valence-electron chi connectivity index (χ4n) is 5.04. The Morgan fingerprint density at radius 3 is 2.32 bits per heavy atom. The number of amides is 3. The van der Waals surface area contributed by atoms with E-state index in [2.05, 4.69) is 17.6 Å². The first-order valence-corrected chi connectivity index (χ1v) is 14.6. The van der Waals surface area contributed by atoms with E-state index in [9.17, 15) is 14.4 Å². The number of carbonyl (C=O) groups is 3. The minimum atomic E-state index is -0.804. The maximum absolute atomic E-state index is 14.3. The summed E-state index contributed by atoms with van der Waals surface area (Å²) < 4.78 is 5.50. The van der Waals surface area contributed by atoms with Crippen LogP contribution in [0.1, 0.15) is 116 Å². The van der Waals surface area contributed by atoms with Crippen molar-refractivity contribution < 1.29 is 19.1 Å². The van der Waals surface area contributed by atoms with Crippen molar-refractivity contribution in [1.29, 1.82) is 0 Å². The van der Waals surface area contributed by atoms with Crippen molar-refractivity contribution in [3.63, 3.8) is 0 Å². The summed E-state index contributed by atoms with van der Waals surface area (Å²) >= 11 is 0. The van der Waals surface area contributed by atoms with Crippen LogP contribution in [0.25, 0.3) is 0 Å². The van der Waals surface area contributed by atoms with Crippen LogP contribution < -0.4 is 10.6 Å². The quantitative estimate of drug-likeness (QED) is 0.349. The van der Waals surface area contributed by atoms with E-state index in [1.165, 1.54) is 6.42 Å². The highest BCUT2D eigenvalue weighted by molar-refractivity contribution is 5.92. The molecule has 0 radical (unpaired) electrons. The predicted molar refractivity (Wildman–Crippen MR) is 153 cm³/mol. The fourth-order valence-corrected chi connectivity index (χ4v) is 5.04. The molecule has 2 rings (SSSR count). The van der Waals surface area contributed by atoms with Crippen LogP contribution in [0.3, 0.4) is 0 Å². The van der Waals surface area contributed by atoms with Gasteiger partial charge in [0.25, 0.3) is 0 Å². The number of nitrogens with one attached hydrogen (secondary N) is 2. The summed E-state index contributed by atoms with van der Waals surface area (Å²) in [6.45, 7) is 15.9. The molecule has 0 aromatic heterocycles. The average molecular weight is 530 g/mol. The van der Waals surface area contributed by atoms with Gasteiger partial charge in [-0.25, -0.2) is 4.79 Å². The molecule has 1 aromatic carbocycles. The second-order valence-electron chi connectivity index (χ2n) is 11.9. The standard InChI is InChI=1S/C31H51N3O4/c1-9-11-20-34(29(36)26(21(3)10-2)33-30(37)38-31(6,7)8)27(25-19-15-16-22(4)23(25)5)28(35)32-24-17-13-12-14-18-24/h15-16,19,21,24,26-27H,9-14,17-18,20H2,1-8H3,(H,32,35)(H,33,37). The molecule has 38 heavy (non-hydrogen) atoms. The Morgan fingerprint density at radius 2 is 1.74 bits per heavy atom. The third kappa shape index (κ3) is 9.02. The van der Waals surface area contributed by atoms with Crippen LogP contribution in [-0.2, 0) is 14.3 Å². The van der Waals surface area contributed by atoms with Gasteiger partial charge in [0.1, 0.15) is 17.7 Å². The minimum absolute atomic E-state index is 0.122. The zero-order chi connectivity index (χ0) is 28.5. The lowest BCUT2D eigenvalue weighted by Gasteiger charge is -2.37. The molecule has 1 aliphatic carbocycles. The van der Waals surface area contributed by atoms with Crippen LogP contribution in [0.15, 0.2) is 18.2 Å². The van der Waals surface area contributed by atoms with E-state index >= 15 is 0 Å². The molecule has 2 N–H and O–H groups in total. The molecule has 0 bridgehead atoms. The van der Waals surface area contributed by atoms with Gasteiger partial charge in [0.05, 0.1) is 0 Å². The molecule has 3 amide bonds. The van der Waals surface area contributed by atoms with Crippen LogP contribution in [0, 0.1) is 19.8 Å². The van der Waals surface area contributed by atoms with Gasteiger partial charge in [-0.3, -0.25) is 9.59 Å². The number of hydrogen-bond donors (Lipinski definition) is 2. The molecule has 0 spiro atoms. The van der Waals surface area contributed by atoms with Crippen LogP contribution >= 0.6 is 0 Å². The van der Waals surface area contributed by atoms with E-state index in [1.807, 2.05) is 45.9 Å². The lowest BCUT2D eigenvalue weighted by molar-refractivity contribution is -0.144. The normalized spacial score (nSPS) is 16.7. The smallest absolute Gasteiger partial charge is 0.408 e. The number of rotatable bonds is 11. The molecule has 1 aliphatic rings. The minimum Gasteiger partial charge on any atom is -0.444 e. The zero-order valence-corrected chi connectivity index (χ0v) is 25.0. The van der Waals surface area contributed by atoms with Gasteiger partial charge >= 0.3 is 6.09 Å². The van der Waals surface area contributed by atoms with Crippen molar-refractivity contribution in [2.75, 3.05) is 6.54 Å². The maximum atomic E-state index is 14.3. The third-order valence-corrected chi connectivity index (χ3v) is 7.64. The number of benzene rings is 1. The Balaban J connectivity index is 2.52. The van der Waals surface area contributed by atoms with Gasteiger partial charge in [0.2, 0.25) is 11.8 Å². The van der Waals surface area contributed by atoms with Gasteiger partial charge < -0.3 is 20.3 Å². The van der Waals surface area contributed by atoms with E-state index in [-0.39, 0.29) is 23.8 Å². The van der Waals surface area contributed by atoms with Gasteiger partial charge in [-0.1, -0.05) is 71.1 Å². The molecular weight excluding hydrogens is 478 g/mol. The van der Waals surface area contributed by atoms with Crippen molar-refractivity contribution in [1.82, 2.24) is 15.5 Å². The van der Waals surface area contributed by atoms with Crippen molar-refractivity contribution in [2.24, 2.45) is 5.92 Å². The van der Waals surface area contributed by atoms with E-state index in [0.717, 1.165) is 55.2 Å². The number of nitrogens with zero attached hydrogens (tertiary/aromatic N) is 1. The largest absolute Gasteiger partial charge is 0.444 e. The monoisotopic (exact) mass is 529 g/mol. The Kier molecular flexibility index (Phi) is 12.1. The van der Waals surface area contributed by atoms with Crippen molar-refractivity contribution in [3.8, 4) is 0 Å². The molecule has 3 unspecified atom stereocenters. The predicted octanol–water partition coefficient (Wildman–Crippen LogP) is 6.36. The summed E-state index contributed by atoms with van der Waals surface area (Å²) in [6.07, 6.45) is 7.03. The van der Waals surface area contributed by atoms with Crippen LogP contribution in [0.5, 0.6) is 0 Å². The number of alkyl carbamates (subject to hydrolysis) is 1. The summed E-state index contributed by atoms with van der Waals surface area (Å²) in [5, 5.41) is 6.13. The molecule has 7 nitrogen and oxygen atoms in total. The number of aryl methyl sites for hydroxylation is 1. The van der Waals surface area contributed by atoms with Crippen molar-refractivity contribution in [3.05, 3.63) is 34.9 Å². The van der Waals surface area contributed by atoms with E-state index < -0.39 is 23.8 Å². The van der Waals surface area contributed by atoms with Crippen molar-refractivity contribution >= 4 is 17.9 Å². The first-order chi connectivity index (χ1) is 17.9. The average Bonchev–Trinajstić information content (AvgIpc) is 2.85. The van der Waals surface area contributed by atoms with Crippen LogP contribution in [0.2, 0.25) is 0 Å². The molecule has 214 valence electrons. The zero-order valence-electron chi connectivity index (χ0n) is 25.0. The summed E-state index contributed by atoms with van der Waals surface area (Å²) in [4.78, 5) is 42.9. The van der Waals surface area contributed by atoms with Gasteiger partial charge in [-0.15, -0.1) is 0 Å². The van der Waals surface area contributed by atoms with E-state index in [1.54, 1.807) is 25.7 Å². The third-order valence-electron chi connectivity index (χ3n) is 7.64. The van der Waals surface area contributed by atoms with Gasteiger partial charge in [0.15, 0.2) is 0 Å². The molecule has 0 saturated heterocycles. The Bertz CT molecular complexity index is 934. The summed E-state index contributed by atoms with van der Waals surface area (Å²) in [5.74, 6) is -0.529. The second kappa shape index (κ2) is 14.5. The number of unbranched alkanes of at least 4 members (excludes halogenated alkanes) is 1. The first-order valence-electron chi connectivity index (χ1n) is 14.6. The Hall–Kier alpha value is -2.57. The van der Waals surface area contributed by atoms with E-state index in [4.69, 9.17) is 4.74 Å². The molecule has 1 fully saturated rings. The van der Waals surface area contributed by atoms with Crippen LogP contribution in [0.4, 0.5) is 4.79 Å². The molecule has 0 heterocycles. The van der Waals surface area contributed by atoms with Crippen molar-refractivity contribution in [2.45, 2.75) is 130 Å². The molecule has 1 saturated carbocycles. The first kappa shape index (κ1) is 31.6. The molecule has 1 aromatic rings. The molecular formula is C31H51N3O4. The van der Waals surface area contributed by atoms with Crippen LogP contribution in [-0.4, -0.2) is 47.0 Å². The van der Waals surface area contributed by atoms with Gasteiger partial charge in [-0.2, -0.15) is 0 Å². The summed E-state index contributed by atoms with van der Waals surface area (Å²) in [7, 11) is 0.